The number of hydrogen-bond acceptors (Lipinski definition) is 6. The smallest absolute Gasteiger partial charge is 0.425 e. The Balaban J connectivity index is 3.79. The number of hydrogen-bond donors (Lipinski definition) is 2. The molecule has 2 N–H and O–H groups in total. The summed E-state index contributed by atoms with van der Waals surface area (Å²) in [5, 5.41) is 8.65. The molecule has 158 valence electrons. The van der Waals surface area contributed by atoms with Crippen molar-refractivity contribution in [2.75, 3.05) is 0 Å². The van der Waals surface area contributed by atoms with E-state index in [1.807, 2.05) is 0 Å². The summed E-state index contributed by atoms with van der Waals surface area (Å²) in [6, 6.07) is -2.19. The average Bonchev–Trinajstić information content (AvgIpc) is 2.55. The highest BCUT2D eigenvalue weighted by Gasteiger charge is 2.44. The topological polar surface area (TPSA) is 113 Å². The van der Waals surface area contributed by atoms with Gasteiger partial charge < -0.3 is 4.74 Å². The molecule has 0 aliphatic carbocycles. The lowest BCUT2D eigenvalue weighted by molar-refractivity contribution is -0.132. The Morgan fingerprint density at radius 2 is 1.39 bits per heavy atom. The van der Waals surface area contributed by atoms with Gasteiger partial charge in [0.05, 0.1) is 0 Å². The lowest BCUT2D eigenvalue weighted by Crippen LogP contribution is -2.52. The first-order chi connectivity index (χ1) is 12.6. The van der Waals surface area contributed by atoms with Crippen molar-refractivity contribution in [2.45, 2.75) is 44.2 Å². The van der Waals surface area contributed by atoms with Gasteiger partial charge in [-0.3, -0.25) is 10.0 Å². The molecule has 0 aliphatic rings. The van der Waals surface area contributed by atoms with Crippen molar-refractivity contribution in [3.8, 4) is 0 Å². The number of sulfonamides is 1. The largest absolute Gasteiger partial charge is 0.443 e. The normalized spacial score (nSPS) is 13.1. The predicted octanol–water partition coefficient (Wildman–Crippen LogP) is 2.20. The Hall–Kier alpha value is -2.48. The third-order valence-electron chi connectivity index (χ3n) is 3.10. The summed E-state index contributed by atoms with van der Waals surface area (Å²) in [6.07, 6.45) is -1.87. The molecule has 14 heteroatoms. The molecule has 0 heterocycles. The average molecular weight is 434 g/mol. The van der Waals surface area contributed by atoms with E-state index in [-0.39, 0.29) is 0 Å². The Morgan fingerprint density at radius 3 is 1.75 bits per heavy atom. The minimum absolute atomic E-state index is 0.553. The van der Waals surface area contributed by atoms with E-state index in [9.17, 15) is 40.0 Å². The van der Waals surface area contributed by atoms with Crippen LogP contribution in [0.4, 0.5) is 26.7 Å². The summed E-state index contributed by atoms with van der Waals surface area (Å²) in [6.45, 7) is 4.50. The summed E-state index contributed by atoms with van der Waals surface area (Å²) in [5.74, 6) is -14.8. The van der Waals surface area contributed by atoms with Crippen LogP contribution in [0.25, 0.3) is 0 Å². The number of benzene rings is 1. The van der Waals surface area contributed by atoms with Gasteiger partial charge in [0.1, 0.15) is 11.6 Å². The highest BCUT2D eigenvalue weighted by atomic mass is 32.2. The molecule has 28 heavy (non-hydrogen) atoms. The van der Waals surface area contributed by atoms with Crippen LogP contribution in [0.3, 0.4) is 0 Å². The first-order valence-electron chi connectivity index (χ1n) is 7.30. The molecule has 1 aromatic carbocycles. The molecule has 0 saturated heterocycles. The van der Waals surface area contributed by atoms with E-state index >= 15 is 0 Å². The maximum Gasteiger partial charge on any atom is 0.425 e. The molecule has 0 fully saturated rings. The Labute approximate surface area is 155 Å². The summed E-state index contributed by atoms with van der Waals surface area (Å²) in [4.78, 5) is 21.5. The van der Waals surface area contributed by atoms with E-state index in [2.05, 4.69) is 0 Å². The fourth-order valence-electron chi connectivity index (χ4n) is 1.88. The zero-order chi connectivity index (χ0) is 22.2. The molecule has 0 bridgehead atoms. The Bertz CT molecular complexity index is 887. The van der Waals surface area contributed by atoms with Gasteiger partial charge in [0.15, 0.2) is 28.2 Å². The first kappa shape index (κ1) is 23.6. The number of carbonyl (C=O) groups excluding carboxylic acids is 2. The summed E-state index contributed by atoms with van der Waals surface area (Å²) < 4.78 is 97.4. The summed E-state index contributed by atoms with van der Waals surface area (Å²) in [7, 11) is -5.86. The van der Waals surface area contributed by atoms with Crippen molar-refractivity contribution in [1.82, 2.24) is 9.79 Å². The molecule has 1 atom stereocenters. The van der Waals surface area contributed by atoms with Gasteiger partial charge in [0, 0.05) is 0 Å². The number of rotatable bonds is 4. The minimum Gasteiger partial charge on any atom is -0.443 e. The standard InChI is InChI=1S/C14H15F5N2O6S/c1-5(12(22)20-24)21(13(23)27-14(2,3)4)28(25,26)11-9(18)7(16)6(15)8(17)10(11)19/h5,24H,1-4H3,(H,20,22). The zero-order valence-corrected chi connectivity index (χ0v) is 15.6. The van der Waals surface area contributed by atoms with Crippen LogP contribution in [0.5, 0.6) is 0 Å². The molecular weight excluding hydrogens is 419 g/mol. The first-order valence-corrected chi connectivity index (χ1v) is 8.74. The van der Waals surface area contributed by atoms with Crippen molar-refractivity contribution in [3.63, 3.8) is 0 Å². The van der Waals surface area contributed by atoms with Gasteiger partial charge in [0.2, 0.25) is 5.82 Å². The van der Waals surface area contributed by atoms with Gasteiger partial charge in [-0.2, -0.15) is 4.31 Å². The highest BCUT2D eigenvalue weighted by Crippen LogP contribution is 2.30. The van der Waals surface area contributed by atoms with Gasteiger partial charge >= 0.3 is 6.09 Å². The van der Waals surface area contributed by atoms with Gasteiger partial charge in [-0.15, -0.1) is 0 Å². The molecule has 1 unspecified atom stereocenters. The van der Waals surface area contributed by atoms with E-state index in [4.69, 9.17) is 9.94 Å². The molecule has 0 aliphatic heterocycles. The molecule has 0 radical (unpaired) electrons. The van der Waals surface area contributed by atoms with Gasteiger partial charge in [0.25, 0.3) is 15.9 Å². The molecule has 0 aromatic heterocycles. The number of halogens is 5. The second kappa shape index (κ2) is 7.87. The van der Waals surface area contributed by atoms with E-state index in [0.29, 0.717) is 6.92 Å². The predicted molar refractivity (Wildman–Crippen MR) is 80.9 cm³/mol. The number of hydroxylamine groups is 1. The van der Waals surface area contributed by atoms with Crippen molar-refractivity contribution in [3.05, 3.63) is 29.1 Å². The van der Waals surface area contributed by atoms with Crippen LogP contribution in [-0.2, 0) is 19.6 Å². The molecular formula is C14H15F5N2O6S. The van der Waals surface area contributed by atoms with Gasteiger partial charge in [-0.05, 0) is 27.7 Å². The second-order valence-electron chi connectivity index (χ2n) is 6.33. The van der Waals surface area contributed by atoms with E-state index in [0.717, 1.165) is 5.48 Å². The van der Waals surface area contributed by atoms with Crippen LogP contribution in [0.15, 0.2) is 4.90 Å². The SMILES string of the molecule is CC(C(=O)NO)N(C(=O)OC(C)(C)C)S(=O)(=O)c1c(F)c(F)c(F)c(F)c1F. The van der Waals surface area contributed by atoms with Crippen LogP contribution >= 0.6 is 0 Å². The quantitative estimate of drug-likeness (QED) is 0.247. The lowest BCUT2D eigenvalue weighted by Gasteiger charge is -2.30. The Morgan fingerprint density at radius 1 is 1.00 bits per heavy atom. The Kier molecular flexibility index (Phi) is 6.62. The number of nitrogens with one attached hydrogen (secondary N) is 1. The van der Waals surface area contributed by atoms with Crippen molar-refractivity contribution in [2.24, 2.45) is 0 Å². The second-order valence-corrected chi connectivity index (χ2v) is 8.08. The van der Waals surface area contributed by atoms with Crippen LogP contribution in [-0.4, -0.2) is 41.6 Å². The summed E-state index contributed by atoms with van der Waals surface area (Å²) >= 11 is 0. The van der Waals surface area contributed by atoms with Crippen molar-refractivity contribution >= 4 is 22.0 Å². The lowest BCUT2D eigenvalue weighted by atomic mass is 10.2. The number of nitrogens with zero attached hydrogens (tertiary/aromatic N) is 1. The van der Waals surface area contributed by atoms with Crippen LogP contribution in [0, 0.1) is 29.1 Å². The van der Waals surface area contributed by atoms with Gasteiger partial charge in [-0.25, -0.2) is 40.6 Å². The van der Waals surface area contributed by atoms with E-state index in [1.54, 1.807) is 0 Å². The highest BCUT2D eigenvalue weighted by molar-refractivity contribution is 7.89. The van der Waals surface area contributed by atoms with E-state index < -0.39 is 72.0 Å². The van der Waals surface area contributed by atoms with Crippen LogP contribution in [0.2, 0.25) is 0 Å². The molecule has 0 saturated carbocycles. The van der Waals surface area contributed by atoms with Gasteiger partial charge in [-0.1, -0.05) is 0 Å². The molecule has 2 amide bonds. The van der Waals surface area contributed by atoms with Crippen molar-refractivity contribution in [1.29, 1.82) is 0 Å². The fraction of sp³-hybridized carbons (Fsp3) is 0.429. The summed E-state index contributed by atoms with van der Waals surface area (Å²) in [5.41, 5.74) is -0.379. The maximum atomic E-state index is 14.0. The number of amides is 2. The molecule has 8 nitrogen and oxygen atoms in total. The van der Waals surface area contributed by atoms with E-state index in [1.165, 1.54) is 20.8 Å². The molecule has 1 aromatic rings. The zero-order valence-electron chi connectivity index (χ0n) is 14.8. The number of ether oxygens (including phenoxy) is 1. The maximum absolute atomic E-state index is 14.0. The van der Waals surface area contributed by atoms with Crippen LogP contribution < -0.4 is 5.48 Å². The molecule has 0 spiro atoms. The third kappa shape index (κ3) is 4.32. The minimum atomic E-state index is -5.86. The van der Waals surface area contributed by atoms with Crippen molar-refractivity contribution < 1.29 is 49.9 Å². The number of carbonyl (C=O) groups is 2. The fourth-order valence-corrected chi connectivity index (χ4v) is 3.46. The monoisotopic (exact) mass is 434 g/mol. The molecule has 1 rings (SSSR count). The third-order valence-corrected chi connectivity index (χ3v) is 4.96. The van der Waals surface area contributed by atoms with Crippen LogP contribution in [0.1, 0.15) is 27.7 Å².